The van der Waals surface area contributed by atoms with Crippen molar-refractivity contribution in [1.82, 2.24) is 20.0 Å². The molecule has 0 fully saturated rings. The molecule has 3 aromatic carbocycles. The minimum Gasteiger partial charge on any atom is -0.486 e. The highest BCUT2D eigenvalue weighted by molar-refractivity contribution is 5.92. The maximum absolute atomic E-state index is 5.78. The van der Waals surface area contributed by atoms with Gasteiger partial charge >= 0.3 is 0 Å². The van der Waals surface area contributed by atoms with Crippen LogP contribution in [0.25, 0.3) is 27.7 Å². The van der Waals surface area contributed by atoms with E-state index in [2.05, 4.69) is 20.7 Å². The molecule has 0 aliphatic carbocycles. The average Bonchev–Trinajstić information content (AvgIpc) is 3.33. The molecular formula is C26H20N6O2. The van der Waals surface area contributed by atoms with E-state index in [1.807, 2.05) is 83.7 Å². The molecule has 0 amide bonds. The number of nitrogens with zero attached hydrogens (tertiary/aromatic N) is 5. The number of ether oxygens (including phenoxy) is 2. The fourth-order valence-electron chi connectivity index (χ4n) is 3.88. The Hall–Kier alpha value is -4.72. The maximum Gasteiger partial charge on any atom is 0.176 e. The molecule has 0 unspecified atom stereocenters. The molecule has 3 heterocycles. The molecule has 0 saturated carbocycles. The molecule has 2 aromatic heterocycles. The SMILES string of the molecule is C(=N\Nc1nncc2ccccc12)/c1cn(-c2ccccc2)nc1-c1ccc2c(c1)OCCO2. The molecule has 34 heavy (non-hydrogen) atoms. The first kappa shape index (κ1) is 19.9. The van der Waals surface area contributed by atoms with E-state index in [1.165, 1.54) is 0 Å². The number of anilines is 1. The van der Waals surface area contributed by atoms with Crippen LogP contribution in [0.3, 0.4) is 0 Å². The molecule has 1 aliphatic rings. The van der Waals surface area contributed by atoms with E-state index >= 15 is 0 Å². The van der Waals surface area contributed by atoms with Gasteiger partial charge in [-0.3, -0.25) is 5.43 Å². The number of aromatic nitrogens is 4. The van der Waals surface area contributed by atoms with Gasteiger partial charge in [0.2, 0.25) is 0 Å². The van der Waals surface area contributed by atoms with Crippen molar-refractivity contribution in [3.05, 3.63) is 90.8 Å². The van der Waals surface area contributed by atoms with Crippen molar-refractivity contribution in [3.63, 3.8) is 0 Å². The summed E-state index contributed by atoms with van der Waals surface area (Å²) in [5, 5.41) is 19.5. The normalized spacial score (nSPS) is 12.8. The first-order chi connectivity index (χ1) is 16.8. The second-order valence-corrected chi connectivity index (χ2v) is 7.72. The third-order valence-corrected chi connectivity index (χ3v) is 5.52. The summed E-state index contributed by atoms with van der Waals surface area (Å²) in [6.45, 7) is 1.08. The minimum absolute atomic E-state index is 0.527. The average molecular weight is 448 g/mol. The standard InChI is InChI=1S/C26H20N6O2/c1-2-7-21(8-3-1)32-17-20(16-28-30-26-22-9-5-4-6-19(22)15-27-29-26)25(31-32)18-10-11-23-24(14-18)34-13-12-33-23/h1-11,14-17H,12-13H2,(H,29,30)/b28-16+. The molecule has 6 rings (SSSR count). The second kappa shape index (κ2) is 8.67. The lowest BCUT2D eigenvalue weighted by Gasteiger charge is -2.18. The van der Waals surface area contributed by atoms with Crippen LogP contribution >= 0.6 is 0 Å². The number of nitrogens with one attached hydrogen (secondary N) is 1. The van der Waals surface area contributed by atoms with E-state index in [-0.39, 0.29) is 0 Å². The first-order valence-electron chi connectivity index (χ1n) is 10.9. The van der Waals surface area contributed by atoms with Gasteiger partial charge in [-0.25, -0.2) is 4.68 Å². The summed E-state index contributed by atoms with van der Waals surface area (Å²) in [5.41, 5.74) is 6.50. The lowest BCUT2D eigenvalue weighted by molar-refractivity contribution is 0.171. The smallest absolute Gasteiger partial charge is 0.176 e. The zero-order valence-electron chi connectivity index (χ0n) is 18.1. The summed E-state index contributed by atoms with van der Waals surface area (Å²) in [5.74, 6) is 2.04. The molecule has 1 aliphatic heterocycles. The number of fused-ring (bicyclic) bond motifs is 2. The van der Waals surface area contributed by atoms with Crippen LogP contribution in [0.1, 0.15) is 5.56 Å². The Morgan fingerprint density at radius 1 is 0.912 bits per heavy atom. The summed E-state index contributed by atoms with van der Waals surface area (Å²) in [6.07, 6.45) is 5.41. The van der Waals surface area contributed by atoms with Gasteiger partial charge in [-0.2, -0.15) is 15.3 Å². The fraction of sp³-hybridized carbons (Fsp3) is 0.0769. The van der Waals surface area contributed by atoms with E-state index in [9.17, 15) is 0 Å². The molecule has 0 spiro atoms. The summed E-state index contributed by atoms with van der Waals surface area (Å²) in [6, 6.07) is 23.7. The van der Waals surface area contributed by atoms with Gasteiger partial charge in [0.1, 0.15) is 18.9 Å². The molecule has 5 aromatic rings. The van der Waals surface area contributed by atoms with E-state index in [1.54, 1.807) is 12.4 Å². The van der Waals surface area contributed by atoms with Crippen LogP contribution < -0.4 is 14.9 Å². The lowest BCUT2D eigenvalue weighted by Crippen LogP contribution is -2.15. The predicted octanol–water partition coefficient (Wildman–Crippen LogP) is 4.70. The molecule has 0 saturated heterocycles. The van der Waals surface area contributed by atoms with E-state index in [4.69, 9.17) is 14.6 Å². The van der Waals surface area contributed by atoms with Gasteiger partial charge in [-0.1, -0.05) is 42.5 Å². The topological polar surface area (TPSA) is 86.5 Å². The van der Waals surface area contributed by atoms with Gasteiger partial charge in [0, 0.05) is 28.1 Å². The molecule has 166 valence electrons. The van der Waals surface area contributed by atoms with Crippen LogP contribution in [0.2, 0.25) is 0 Å². The number of hydrogen-bond donors (Lipinski definition) is 1. The van der Waals surface area contributed by atoms with Gasteiger partial charge in [-0.05, 0) is 30.3 Å². The molecule has 0 atom stereocenters. The number of hydrogen-bond acceptors (Lipinski definition) is 7. The monoisotopic (exact) mass is 448 g/mol. The van der Waals surface area contributed by atoms with Gasteiger partial charge in [0.25, 0.3) is 0 Å². The molecule has 1 N–H and O–H groups in total. The molecule has 0 radical (unpaired) electrons. The third kappa shape index (κ3) is 3.81. The van der Waals surface area contributed by atoms with E-state index < -0.39 is 0 Å². The van der Waals surface area contributed by atoms with E-state index in [0.717, 1.165) is 39.0 Å². The Kier molecular flexibility index (Phi) is 5.08. The number of benzene rings is 3. The number of para-hydroxylation sites is 1. The summed E-state index contributed by atoms with van der Waals surface area (Å²) in [7, 11) is 0. The Labute approximate surface area is 195 Å². The highest BCUT2D eigenvalue weighted by Crippen LogP contribution is 2.35. The minimum atomic E-state index is 0.527. The van der Waals surface area contributed by atoms with Crippen LogP contribution in [0, 0.1) is 0 Å². The maximum atomic E-state index is 5.78. The van der Waals surface area contributed by atoms with Gasteiger partial charge in [0.05, 0.1) is 18.1 Å². The fourth-order valence-corrected chi connectivity index (χ4v) is 3.88. The largest absolute Gasteiger partial charge is 0.486 e. The molecule has 8 nitrogen and oxygen atoms in total. The second-order valence-electron chi connectivity index (χ2n) is 7.72. The molecule has 8 heteroatoms. The highest BCUT2D eigenvalue weighted by Gasteiger charge is 2.16. The predicted molar refractivity (Wildman–Crippen MR) is 131 cm³/mol. The van der Waals surface area contributed by atoms with Crippen molar-refractivity contribution in [1.29, 1.82) is 0 Å². The van der Waals surface area contributed by atoms with Crippen molar-refractivity contribution < 1.29 is 9.47 Å². The van der Waals surface area contributed by atoms with E-state index in [0.29, 0.717) is 24.8 Å². The summed E-state index contributed by atoms with van der Waals surface area (Å²) < 4.78 is 13.3. The van der Waals surface area contributed by atoms with Crippen LogP contribution in [0.15, 0.2) is 90.3 Å². The zero-order valence-corrected chi connectivity index (χ0v) is 18.1. The van der Waals surface area contributed by atoms with Crippen LogP contribution in [0.4, 0.5) is 5.82 Å². The van der Waals surface area contributed by atoms with Crippen LogP contribution in [0.5, 0.6) is 11.5 Å². The van der Waals surface area contributed by atoms with Crippen molar-refractivity contribution >= 4 is 22.8 Å². The zero-order chi connectivity index (χ0) is 22.7. The number of hydrazone groups is 1. The van der Waals surface area contributed by atoms with Gasteiger partial charge in [-0.15, -0.1) is 5.10 Å². The highest BCUT2D eigenvalue weighted by atomic mass is 16.6. The Bertz CT molecular complexity index is 1490. The quantitative estimate of drug-likeness (QED) is 0.310. The lowest BCUT2D eigenvalue weighted by atomic mass is 10.1. The van der Waals surface area contributed by atoms with Crippen molar-refractivity contribution in [2.75, 3.05) is 18.6 Å². The summed E-state index contributed by atoms with van der Waals surface area (Å²) >= 11 is 0. The van der Waals surface area contributed by atoms with Gasteiger partial charge in [0.15, 0.2) is 17.3 Å². The Morgan fingerprint density at radius 2 is 1.74 bits per heavy atom. The van der Waals surface area contributed by atoms with Crippen molar-refractivity contribution in [2.45, 2.75) is 0 Å². The molecule has 0 bridgehead atoms. The van der Waals surface area contributed by atoms with Crippen LogP contribution in [-0.4, -0.2) is 39.4 Å². The third-order valence-electron chi connectivity index (χ3n) is 5.52. The Morgan fingerprint density at radius 3 is 2.65 bits per heavy atom. The van der Waals surface area contributed by atoms with Crippen molar-refractivity contribution in [2.24, 2.45) is 5.10 Å². The van der Waals surface area contributed by atoms with Crippen LogP contribution in [-0.2, 0) is 0 Å². The Balaban J connectivity index is 1.38. The van der Waals surface area contributed by atoms with Crippen molar-refractivity contribution in [3.8, 4) is 28.4 Å². The van der Waals surface area contributed by atoms with Gasteiger partial charge < -0.3 is 9.47 Å². The number of rotatable bonds is 5. The first-order valence-corrected chi connectivity index (χ1v) is 10.9. The molecular weight excluding hydrogens is 428 g/mol. The summed E-state index contributed by atoms with van der Waals surface area (Å²) in [4.78, 5) is 0.